The van der Waals surface area contributed by atoms with Crippen LogP contribution in [0.15, 0.2) is 42.5 Å². The fourth-order valence-corrected chi connectivity index (χ4v) is 5.47. The van der Waals surface area contributed by atoms with E-state index in [1.807, 2.05) is 69.7 Å². The van der Waals surface area contributed by atoms with Crippen LogP contribution in [0, 0.1) is 11.7 Å². The van der Waals surface area contributed by atoms with E-state index in [1.165, 1.54) is 6.07 Å². The molecule has 0 aromatic heterocycles. The molecule has 208 valence electrons. The van der Waals surface area contributed by atoms with Crippen LogP contribution < -0.4 is 13.8 Å². The van der Waals surface area contributed by atoms with Gasteiger partial charge >= 0.3 is 16.3 Å². The lowest BCUT2D eigenvalue weighted by atomic mass is 9.98. The minimum atomic E-state index is -4.23. The first-order valence-electron chi connectivity index (χ1n) is 12.7. The number of carbonyl (C=O) groups is 2. The number of anilines is 1. The molecule has 1 atom stereocenters. The Kier molecular flexibility index (Phi) is 9.24. The number of benzene rings is 2. The average molecular weight is 550 g/mol. The first-order chi connectivity index (χ1) is 17.9. The molecule has 2 amide bonds. The van der Waals surface area contributed by atoms with Crippen molar-refractivity contribution < 1.29 is 31.9 Å². The Morgan fingerprint density at radius 2 is 1.82 bits per heavy atom. The van der Waals surface area contributed by atoms with Gasteiger partial charge in [-0.1, -0.05) is 44.2 Å². The van der Waals surface area contributed by atoms with Gasteiger partial charge in [-0.15, -0.1) is 0 Å². The maximum Gasteiger partial charge on any atom is 0.410 e. The van der Waals surface area contributed by atoms with E-state index < -0.39 is 34.1 Å². The molecule has 0 bridgehead atoms. The number of ether oxygens (including phenoxy) is 2. The van der Waals surface area contributed by atoms with Crippen LogP contribution in [0.4, 0.5) is 14.9 Å². The third kappa shape index (κ3) is 7.37. The van der Waals surface area contributed by atoms with E-state index in [0.29, 0.717) is 29.4 Å². The molecule has 11 heteroatoms. The van der Waals surface area contributed by atoms with Gasteiger partial charge in [-0.25, -0.2) is 18.2 Å². The van der Waals surface area contributed by atoms with Crippen molar-refractivity contribution in [2.45, 2.75) is 59.7 Å². The first-order valence-corrected chi connectivity index (χ1v) is 14.2. The van der Waals surface area contributed by atoms with E-state index in [9.17, 15) is 18.0 Å². The molecule has 9 nitrogen and oxygen atoms in total. The summed E-state index contributed by atoms with van der Waals surface area (Å²) in [7, 11) is -4.23. The average Bonchev–Trinajstić information content (AvgIpc) is 3.41. The molecule has 1 unspecified atom stereocenters. The third-order valence-corrected chi connectivity index (χ3v) is 7.23. The summed E-state index contributed by atoms with van der Waals surface area (Å²) in [6.45, 7) is 9.99. The Morgan fingerprint density at radius 3 is 2.42 bits per heavy atom. The van der Waals surface area contributed by atoms with Crippen molar-refractivity contribution in [3.63, 3.8) is 0 Å². The zero-order chi connectivity index (χ0) is 28.1. The van der Waals surface area contributed by atoms with E-state index in [2.05, 4.69) is 0 Å². The monoisotopic (exact) mass is 549 g/mol. The standard InChI is InChI=1S/C25H30FN3O6S.C2H6/c1-25(2,3)35-24(31)28-10-9-18(14-28)11-19-12-20(26)23(29-15-22(30)27-36(29,32)33)21(13-19)34-16-17-7-5-4-6-8-17;1-2/h4-8,12-13,18H,9-11,14-16H2,1-3H3,(H,27,30);1-2H3. The maximum absolute atomic E-state index is 15.4. The summed E-state index contributed by atoms with van der Waals surface area (Å²) in [5.41, 5.74) is 0.517. The predicted octanol–water partition coefficient (Wildman–Crippen LogP) is 4.41. The second kappa shape index (κ2) is 12.0. The highest BCUT2D eigenvalue weighted by molar-refractivity contribution is 7.92. The highest BCUT2D eigenvalue weighted by Gasteiger charge is 2.38. The number of hydrogen-bond acceptors (Lipinski definition) is 6. The third-order valence-electron chi connectivity index (χ3n) is 5.86. The van der Waals surface area contributed by atoms with E-state index in [0.717, 1.165) is 12.0 Å². The molecule has 0 spiro atoms. The molecule has 2 fully saturated rings. The van der Waals surface area contributed by atoms with E-state index in [-0.39, 0.29) is 30.1 Å². The van der Waals surface area contributed by atoms with Crippen LogP contribution >= 0.6 is 0 Å². The lowest BCUT2D eigenvalue weighted by Crippen LogP contribution is -2.35. The number of carbonyl (C=O) groups excluding carboxylic acids is 2. The molecule has 2 aromatic carbocycles. The van der Waals surface area contributed by atoms with E-state index >= 15 is 4.39 Å². The molecule has 0 aliphatic carbocycles. The normalized spacial score (nSPS) is 18.5. The Balaban J connectivity index is 0.00000195. The molecule has 2 aliphatic heterocycles. The molecule has 2 heterocycles. The van der Waals surface area contributed by atoms with Gasteiger partial charge in [0.05, 0.1) is 0 Å². The van der Waals surface area contributed by atoms with Crippen molar-refractivity contribution in [3.05, 3.63) is 59.4 Å². The Labute approximate surface area is 224 Å². The second-order valence-electron chi connectivity index (χ2n) is 10.0. The largest absolute Gasteiger partial charge is 0.487 e. The summed E-state index contributed by atoms with van der Waals surface area (Å²) in [5.74, 6) is -1.46. The zero-order valence-electron chi connectivity index (χ0n) is 22.5. The predicted molar refractivity (Wildman–Crippen MR) is 143 cm³/mol. The maximum atomic E-state index is 15.4. The quantitative estimate of drug-likeness (QED) is 0.572. The molecular weight excluding hydrogens is 513 g/mol. The van der Waals surface area contributed by atoms with Gasteiger partial charge in [0.25, 0.3) is 5.91 Å². The number of halogens is 1. The van der Waals surface area contributed by atoms with Gasteiger partial charge in [0, 0.05) is 13.1 Å². The highest BCUT2D eigenvalue weighted by atomic mass is 32.2. The fraction of sp³-hybridized carbons (Fsp3) is 0.481. The van der Waals surface area contributed by atoms with Crippen molar-refractivity contribution in [1.82, 2.24) is 9.62 Å². The Bertz CT molecular complexity index is 1250. The number of nitrogens with one attached hydrogen (secondary N) is 1. The minimum absolute atomic E-state index is 0.0240. The van der Waals surface area contributed by atoms with Crippen molar-refractivity contribution in [3.8, 4) is 5.75 Å². The topological polar surface area (TPSA) is 105 Å². The minimum Gasteiger partial charge on any atom is -0.487 e. The lowest BCUT2D eigenvalue weighted by molar-refractivity contribution is -0.117. The molecular formula is C27H36FN3O6S. The van der Waals surface area contributed by atoms with E-state index in [4.69, 9.17) is 9.47 Å². The molecule has 4 rings (SSSR count). The van der Waals surface area contributed by atoms with Crippen LogP contribution in [-0.4, -0.2) is 50.6 Å². The van der Waals surface area contributed by atoms with Gasteiger partial charge in [0.2, 0.25) is 0 Å². The molecule has 0 saturated carbocycles. The van der Waals surface area contributed by atoms with Gasteiger partial charge in [-0.2, -0.15) is 8.42 Å². The summed E-state index contributed by atoms with van der Waals surface area (Å²) in [6, 6.07) is 12.1. The highest BCUT2D eigenvalue weighted by Crippen LogP contribution is 2.37. The Hall–Kier alpha value is -3.34. The van der Waals surface area contributed by atoms with Crippen molar-refractivity contribution >= 4 is 27.9 Å². The summed E-state index contributed by atoms with van der Waals surface area (Å²) in [6.07, 6.45) is 0.805. The zero-order valence-corrected chi connectivity index (χ0v) is 23.3. The van der Waals surface area contributed by atoms with Crippen LogP contribution in [0.2, 0.25) is 0 Å². The van der Waals surface area contributed by atoms with Gasteiger partial charge in [0.15, 0.2) is 5.82 Å². The van der Waals surface area contributed by atoms with Gasteiger partial charge < -0.3 is 14.4 Å². The smallest absolute Gasteiger partial charge is 0.410 e. The molecule has 2 aromatic rings. The summed E-state index contributed by atoms with van der Waals surface area (Å²) >= 11 is 0. The number of hydrogen-bond donors (Lipinski definition) is 1. The number of nitrogens with zero attached hydrogens (tertiary/aromatic N) is 2. The van der Waals surface area contributed by atoms with Crippen LogP contribution in [0.25, 0.3) is 0 Å². The summed E-state index contributed by atoms with van der Waals surface area (Å²) in [4.78, 5) is 25.8. The lowest BCUT2D eigenvalue weighted by Gasteiger charge is -2.24. The van der Waals surface area contributed by atoms with Crippen LogP contribution in [0.5, 0.6) is 5.75 Å². The number of likely N-dealkylation sites (tertiary alicyclic amines) is 1. The summed E-state index contributed by atoms with van der Waals surface area (Å²) < 4.78 is 54.2. The van der Waals surface area contributed by atoms with Gasteiger partial charge in [0.1, 0.15) is 30.2 Å². The number of amides is 2. The van der Waals surface area contributed by atoms with Crippen molar-refractivity contribution in [2.75, 3.05) is 23.9 Å². The van der Waals surface area contributed by atoms with Crippen LogP contribution in [0.1, 0.15) is 52.2 Å². The van der Waals surface area contributed by atoms with Crippen molar-refractivity contribution in [2.24, 2.45) is 5.92 Å². The molecule has 1 N–H and O–H groups in total. The molecule has 2 aliphatic rings. The first kappa shape index (κ1) is 29.2. The number of rotatable bonds is 6. The SMILES string of the molecule is CC.CC(C)(C)OC(=O)N1CCC(Cc2cc(F)c(N3CC(=O)NS3(=O)=O)c(OCc3ccccc3)c2)C1. The van der Waals surface area contributed by atoms with Crippen LogP contribution in [-0.2, 0) is 32.8 Å². The fourth-order valence-electron chi connectivity index (χ4n) is 4.30. The molecule has 38 heavy (non-hydrogen) atoms. The Morgan fingerprint density at radius 1 is 1.13 bits per heavy atom. The van der Waals surface area contributed by atoms with Crippen molar-refractivity contribution in [1.29, 1.82) is 0 Å². The van der Waals surface area contributed by atoms with Gasteiger partial charge in [-0.05, 0) is 62.8 Å². The van der Waals surface area contributed by atoms with E-state index in [1.54, 1.807) is 11.0 Å². The molecule has 0 radical (unpaired) electrons. The second-order valence-corrected chi connectivity index (χ2v) is 11.6. The molecule has 2 saturated heterocycles. The van der Waals surface area contributed by atoms with Crippen LogP contribution in [0.3, 0.4) is 0 Å². The van der Waals surface area contributed by atoms with Gasteiger partial charge in [-0.3, -0.25) is 4.79 Å². The summed E-state index contributed by atoms with van der Waals surface area (Å²) in [5, 5.41) is 0.